The van der Waals surface area contributed by atoms with E-state index in [1.165, 1.54) is 32.5 Å². The molecule has 1 heteroatoms. The van der Waals surface area contributed by atoms with Crippen LogP contribution in [0.3, 0.4) is 0 Å². The van der Waals surface area contributed by atoms with Gasteiger partial charge in [-0.1, -0.05) is 48.5 Å². The van der Waals surface area contributed by atoms with Gasteiger partial charge in [-0.3, -0.25) is 0 Å². The smallest absolute Gasteiger partial charge is 0.00120 e. The Labute approximate surface area is 98.2 Å². The van der Waals surface area contributed by atoms with Gasteiger partial charge in [-0.15, -0.1) is 0 Å². The van der Waals surface area contributed by atoms with Crippen molar-refractivity contribution in [3.63, 3.8) is 0 Å². The van der Waals surface area contributed by atoms with E-state index in [-0.39, 0.29) is 0 Å². The van der Waals surface area contributed by atoms with E-state index in [9.17, 15) is 0 Å². The van der Waals surface area contributed by atoms with Gasteiger partial charge in [0.1, 0.15) is 0 Å². The van der Waals surface area contributed by atoms with Crippen LogP contribution in [0.25, 0.3) is 0 Å². The molecule has 0 bridgehead atoms. The van der Waals surface area contributed by atoms with E-state index in [2.05, 4.69) is 25.7 Å². The zero-order valence-corrected chi connectivity index (χ0v) is 12.1. The lowest BCUT2D eigenvalue weighted by molar-refractivity contribution is 0.152. The molecule has 0 aromatic rings. The highest BCUT2D eigenvalue weighted by Gasteiger charge is 2.20. The minimum Gasteiger partial charge on any atom is -0.303 e. The van der Waals surface area contributed by atoms with E-state index in [1.54, 1.807) is 0 Å². The Morgan fingerprint density at radius 2 is 1.67 bits per heavy atom. The van der Waals surface area contributed by atoms with Gasteiger partial charge in [-0.05, 0) is 37.8 Å². The maximum Gasteiger partial charge on any atom is 0.00120 e. The van der Waals surface area contributed by atoms with Gasteiger partial charge < -0.3 is 4.90 Å². The van der Waals surface area contributed by atoms with Crippen molar-refractivity contribution in [2.24, 2.45) is 11.8 Å². The molecule has 1 rings (SSSR count). The van der Waals surface area contributed by atoms with Gasteiger partial charge >= 0.3 is 0 Å². The molecule has 94 valence electrons. The molecule has 0 saturated carbocycles. The summed E-state index contributed by atoms with van der Waals surface area (Å²) in [7, 11) is 0. The van der Waals surface area contributed by atoms with Crippen LogP contribution >= 0.6 is 0 Å². The molecule has 1 aliphatic heterocycles. The minimum absolute atomic E-state index is 0.879. The summed E-state index contributed by atoms with van der Waals surface area (Å²) in [5, 5.41) is 0. The van der Waals surface area contributed by atoms with Gasteiger partial charge in [0.15, 0.2) is 0 Å². The molecule has 0 amide bonds. The fraction of sp³-hybridized carbons (Fsp3) is 1.00. The summed E-state index contributed by atoms with van der Waals surface area (Å²) in [6.07, 6.45) is 2.87. The second-order valence-corrected chi connectivity index (χ2v) is 4.04. The summed E-state index contributed by atoms with van der Waals surface area (Å²) in [6.45, 7) is 18.9. The van der Waals surface area contributed by atoms with Gasteiger partial charge in [0, 0.05) is 6.54 Å². The fourth-order valence-corrected chi connectivity index (χ4v) is 1.92. The molecule has 0 N–H and O–H groups in total. The largest absolute Gasteiger partial charge is 0.303 e. The summed E-state index contributed by atoms with van der Waals surface area (Å²) >= 11 is 0. The van der Waals surface area contributed by atoms with E-state index >= 15 is 0 Å². The molecule has 1 saturated heterocycles. The maximum atomic E-state index is 2.58. The maximum absolute atomic E-state index is 2.58. The van der Waals surface area contributed by atoms with Crippen LogP contribution < -0.4 is 0 Å². The number of rotatable bonds is 2. The second kappa shape index (κ2) is 12.0. The average Bonchev–Trinajstić information content (AvgIpc) is 2.34. The number of nitrogens with zero attached hydrogens (tertiary/aromatic N) is 1. The van der Waals surface area contributed by atoms with Crippen LogP contribution in [0, 0.1) is 11.8 Å². The Hall–Kier alpha value is -0.0400. The lowest BCUT2D eigenvalue weighted by atomic mass is 9.88. The molecule has 0 aliphatic carbocycles. The van der Waals surface area contributed by atoms with Gasteiger partial charge in [-0.2, -0.15) is 0 Å². The van der Waals surface area contributed by atoms with Crippen molar-refractivity contribution in [1.29, 1.82) is 0 Å². The highest BCUT2D eigenvalue weighted by molar-refractivity contribution is 4.73. The highest BCUT2D eigenvalue weighted by atomic mass is 15.1. The Balaban J connectivity index is 0. The van der Waals surface area contributed by atoms with Crippen LogP contribution in [0.2, 0.25) is 0 Å². The number of hydrogen-bond donors (Lipinski definition) is 0. The van der Waals surface area contributed by atoms with Gasteiger partial charge in [0.25, 0.3) is 0 Å². The van der Waals surface area contributed by atoms with Crippen LogP contribution in [0.15, 0.2) is 0 Å². The molecular weight excluding hydrogens is 182 g/mol. The van der Waals surface area contributed by atoms with E-state index in [0.717, 1.165) is 11.8 Å². The molecule has 1 aliphatic rings. The summed E-state index contributed by atoms with van der Waals surface area (Å²) < 4.78 is 0. The molecule has 0 aromatic carbocycles. The number of likely N-dealkylation sites (tertiary alicyclic amines) is 1. The quantitative estimate of drug-likeness (QED) is 0.659. The SMILES string of the molecule is CC.CC.CCN1CCCC(C(C)C)C1. The summed E-state index contributed by atoms with van der Waals surface area (Å²) in [5.41, 5.74) is 0. The predicted molar refractivity (Wildman–Crippen MR) is 72.4 cm³/mol. The van der Waals surface area contributed by atoms with Crippen LogP contribution in [0.1, 0.15) is 61.3 Å². The van der Waals surface area contributed by atoms with Crippen molar-refractivity contribution in [2.75, 3.05) is 19.6 Å². The van der Waals surface area contributed by atoms with E-state index in [4.69, 9.17) is 0 Å². The number of hydrogen-bond acceptors (Lipinski definition) is 1. The zero-order chi connectivity index (χ0) is 12.3. The monoisotopic (exact) mass is 215 g/mol. The molecule has 1 nitrogen and oxygen atoms in total. The van der Waals surface area contributed by atoms with Crippen molar-refractivity contribution in [3.8, 4) is 0 Å². The van der Waals surface area contributed by atoms with E-state index in [0.29, 0.717) is 0 Å². The summed E-state index contributed by atoms with van der Waals surface area (Å²) in [4.78, 5) is 2.58. The normalized spacial score (nSPS) is 21.2. The third kappa shape index (κ3) is 7.84. The lowest BCUT2D eigenvalue weighted by Gasteiger charge is -2.33. The molecule has 1 atom stereocenters. The molecule has 0 spiro atoms. The first-order valence-corrected chi connectivity index (χ1v) is 6.96. The van der Waals surface area contributed by atoms with E-state index in [1.807, 2.05) is 27.7 Å². The number of piperidine rings is 1. The fourth-order valence-electron chi connectivity index (χ4n) is 1.92. The van der Waals surface area contributed by atoms with E-state index < -0.39 is 0 Å². The summed E-state index contributed by atoms with van der Waals surface area (Å²) in [6, 6.07) is 0. The molecular formula is C14H33N. The summed E-state index contributed by atoms with van der Waals surface area (Å²) in [5.74, 6) is 1.84. The van der Waals surface area contributed by atoms with Crippen LogP contribution in [-0.2, 0) is 0 Å². The van der Waals surface area contributed by atoms with Crippen molar-refractivity contribution in [3.05, 3.63) is 0 Å². The van der Waals surface area contributed by atoms with Crippen molar-refractivity contribution in [1.82, 2.24) is 4.90 Å². The van der Waals surface area contributed by atoms with Crippen molar-refractivity contribution in [2.45, 2.75) is 61.3 Å². The molecule has 15 heavy (non-hydrogen) atoms. The predicted octanol–water partition coefficient (Wildman–Crippen LogP) is 4.43. The first kappa shape index (κ1) is 17.4. The molecule has 1 fully saturated rings. The Morgan fingerprint density at radius 1 is 1.13 bits per heavy atom. The lowest BCUT2D eigenvalue weighted by Crippen LogP contribution is -2.37. The zero-order valence-electron chi connectivity index (χ0n) is 12.1. The second-order valence-electron chi connectivity index (χ2n) is 4.04. The molecule has 1 heterocycles. The topological polar surface area (TPSA) is 3.24 Å². The molecule has 0 radical (unpaired) electrons. The first-order valence-electron chi connectivity index (χ1n) is 6.96. The van der Waals surface area contributed by atoms with Crippen molar-refractivity contribution < 1.29 is 0 Å². The van der Waals surface area contributed by atoms with Crippen LogP contribution in [0.5, 0.6) is 0 Å². The highest BCUT2D eigenvalue weighted by Crippen LogP contribution is 2.22. The standard InChI is InChI=1S/C10H21N.2C2H6/c1-4-11-7-5-6-10(8-11)9(2)3;2*1-2/h9-10H,4-8H2,1-3H3;2*1-2H3. The van der Waals surface area contributed by atoms with Gasteiger partial charge in [-0.25, -0.2) is 0 Å². The van der Waals surface area contributed by atoms with Crippen LogP contribution in [-0.4, -0.2) is 24.5 Å². The van der Waals surface area contributed by atoms with Gasteiger partial charge in [0.2, 0.25) is 0 Å². The third-order valence-corrected chi connectivity index (χ3v) is 2.93. The Bertz CT molecular complexity index is 110. The Kier molecular flexibility index (Phi) is 13.9. The minimum atomic E-state index is 0.879. The molecule has 0 aromatic heterocycles. The Morgan fingerprint density at radius 3 is 2.07 bits per heavy atom. The first-order chi connectivity index (χ1) is 7.24. The van der Waals surface area contributed by atoms with Crippen molar-refractivity contribution >= 4 is 0 Å². The average molecular weight is 215 g/mol. The van der Waals surface area contributed by atoms with Crippen LogP contribution in [0.4, 0.5) is 0 Å². The van der Waals surface area contributed by atoms with Gasteiger partial charge in [0.05, 0.1) is 0 Å². The third-order valence-electron chi connectivity index (χ3n) is 2.93. The molecule has 1 unspecified atom stereocenters.